The fraction of sp³-hybridized carbons (Fsp3) is 0.526. The molecule has 4 rings (SSSR count). The van der Waals surface area contributed by atoms with Gasteiger partial charge in [0.2, 0.25) is 0 Å². The summed E-state index contributed by atoms with van der Waals surface area (Å²) in [6.07, 6.45) is 5.25. The van der Waals surface area contributed by atoms with Gasteiger partial charge in [-0.2, -0.15) is 0 Å². The van der Waals surface area contributed by atoms with E-state index in [1.165, 1.54) is 49.0 Å². The zero-order chi connectivity index (χ0) is 15.3. The maximum absolute atomic E-state index is 4.80. The highest BCUT2D eigenvalue weighted by atomic mass is 15.2. The first kappa shape index (κ1) is 13.9. The van der Waals surface area contributed by atoms with Crippen LogP contribution in [-0.2, 0) is 0 Å². The lowest BCUT2D eigenvalue weighted by molar-refractivity contribution is 0.736. The standard InChI is InChI=1S/C19H25N3/c1-13-11-19(22-10-4-5-14(22)2)17-9-8-16(12-18(17)20-13)21(3)15-6-7-15/h8-9,11-12,14-15H,4-7,10H2,1-3H3. The van der Waals surface area contributed by atoms with E-state index in [1.807, 2.05) is 0 Å². The largest absolute Gasteiger partial charge is 0.372 e. The predicted octanol–water partition coefficient (Wildman–Crippen LogP) is 4.13. The molecule has 2 aromatic rings. The molecule has 1 aliphatic heterocycles. The molecule has 1 saturated carbocycles. The summed E-state index contributed by atoms with van der Waals surface area (Å²) in [6.45, 7) is 5.62. The van der Waals surface area contributed by atoms with Crippen molar-refractivity contribution in [1.29, 1.82) is 0 Å². The second kappa shape index (κ2) is 5.15. The van der Waals surface area contributed by atoms with Crippen molar-refractivity contribution in [3.8, 4) is 0 Å². The third-order valence-corrected chi connectivity index (χ3v) is 5.26. The summed E-state index contributed by atoms with van der Waals surface area (Å²) in [7, 11) is 2.21. The Morgan fingerprint density at radius 1 is 1.18 bits per heavy atom. The molecular weight excluding hydrogens is 270 g/mol. The van der Waals surface area contributed by atoms with Gasteiger partial charge in [0.05, 0.1) is 5.52 Å². The Morgan fingerprint density at radius 2 is 2.00 bits per heavy atom. The highest BCUT2D eigenvalue weighted by Gasteiger charge is 2.27. The van der Waals surface area contributed by atoms with E-state index in [4.69, 9.17) is 4.98 Å². The van der Waals surface area contributed by atoms with Gasteiger partial charge in [0, 0.05) is 48.1 Å². The normalized spacial score (nSPS) is 21.6. The van der Waals surface area contributed by atoms with Crippen LogP contribution < -0.4 is 9.80 Å². The van der Waals surface area contributed by atoms with E-state index in [-0.39, 0.29) is 0 Å². The van der Waals surface area contributed by atoms with Crippen LogP contribution in [0.4, 0.5) is 11.4 Å². The van der Waals surface area contributed by atoms with E-state index in [9.17, 15) is 0 Å². The molecule has 1 atom stereocenters. The molecule has 1 unspecified atom stereocenters. The van der Waals surface area contributed by atoms with Crippen LogP contribution in [0.2, 0.25) is 0 Å². The second-order valence-corrected chi connectivity index (χ2v) is 7.01. The number of hydrogen-bond donors (Lipinski definition) is 0. The Balaban J connectivity index is 1.80. The van der Waals surface area contributed by atoms with Gasteiger partial charge in [0.1, 0.15) is 0 Å². The van der Waals surface area contributed by atoms with Crippen LogP contribution in [0.3, 0.4) is 0 Å². The third-order valence-electron chi connectivity index (χ3n) is 5.26. The molecule has 2 aliphatic rings. The first-order valence-electron chi connectivity index (χ1n) is 8.54. The lowest BCUT2D eigenvalue weighted by Crippen LogP contribution is -2.26. The van der Waals surface area contributed by atoms with E-state index in [0.717, 1.165) is 17.3 Å². The molecule has 0 N–H and O–H groups in total. The predicted molar refractivity (Wildman–Crippen MR) is 93.9 cm³/mol. The molecule has 0 radical (unpaired) electrons. The SMILES string of the molecule is Cc1cc(N2CCCC2C)c2ccc(N(C)C3CC3)cc2n1. The maximum Gasteiger partial charge on any atom is 0.0746 e. The molecule has 2 heterocycles. The highest BCUT2D eigenvalue weighted by Crippen LogP contribution is 2.36. The lowest BCUT2D eigenvalue weighted by Gasteiger charge is -2.26. The number of fused-ring (bicyclic) bond motifs is 1. The van der Waals surface area contributed by atoms with Crippen molar-refractivity contribution in [1.82, 2.24) is 4.98 Å². The molecule has 0 bridgehead atoms. The lowest BCUT2D eigenvalue weighted by atomic mass is 10.1. The van der Waals surface area contributed by atoms with Gasteiger partial charge >= 0.3 is 0 Å². The summed E-state index contributed by atoms with van der Waals surface area (Å²) in [5, 5.41) is 1.30. The Labute approximate surface area is 132 Å². The molecule has 1 aliphatic carbocycles. The molecule has 3 nitrogen and oxygen atoms in total. The summed E-state index contributed by atoms with van der Waals surface area (Å²) in [6, 6.07) is 10.4. The molecule has 1 aromatic carbocycles. The molecule has 116 valence electrons. The van der Waals surface area contributed by atoms with Crippen molar-refractivity contribution in [3.63, 3.8) is 0 Å². The van der Waals surface area contributed by atoms with E-state index < -0.39 is 0 Å². The van der Waals surface area contributed by atoms with Crippen LogP contribution in [0.25, 0.3) is 10.9 Å². The van der Waals surface area contributed by atoms with Crippen molar-refractivity contribution >= 4 is 22.3 Å². The second-order valence-electron chi connectivity index (χ2n) is 7.01. The molecule has 0 spiro atoms. The minimum Gasteiger partial charge on any atom is -0.372 e. The molecule has 0 amide bonds. The Hall–Kier alpha value is -1.77. The number of pyridine rings is 1. The van der Waals surface area contributed by atoms with Gasteiger partial charge in [0.15, 0.2) is 0 Å². The summed E-state index contributed by atoms with van der Waals surface area (Å²) in [5.74, 6) is 0. The van der Waals surface area contributed by atoms with Crippen LogP contribution in [0.1, 0.15) is 38.3 Å². The first-order chi connectivity index (χ1) is 10.6. The van der Waals surface area contributed by atoms with E-state index in [0.29, 0.717) is 6.04 Å². The average molecular weight is 295 g/mol. The number of anilines is 2. The van der Waals surface area contributed by atoms with Crippen molar-refractivity contribution in [2.75, 3.05) is 23.4 Å². The van der Waals surface area contributed by atoms with Gasteiger partial charge in [-0.1, -0.05) is 0 Å². The number of aryl methyl sites for hydroxylation is 1. The van der Waals surface area contributed by atoms with Gasteiger partial charge in [-0.15, -0.1) is 0 Å². The van der Waals surface area contributed by atoms with Crippen molar-refractivity contribution in [2.24, 2.45) is 0 Å². The van der Waals surface area contributed by atoms with Gasteiger partial charge in [-0.3, -0.25) is 4.98 Å². The quantitative estimate of drug-likeness (QED) is 0.848. The van der Waals surface area contributed by atoms with E-state index in [1.54, 1.807) is 0 Å². The zero-order valence-electron chi connectivity index (χ0n) is 13.8. The molecule has 1 aromatic heterocycles. The van der Waals surface area contributed by atoms with Crippen molar-refractivity contribution < 1.29 is 0 Å². The summed E-state index contributed by atoms with van der Waals surface area (Å²) < 4.78 is 0. The smallest absolute Gasteiger partial charge is 0.0746 e. The monoisotopic (exact) mass is 295 g/mol. The van der Waals surface area contributed by atoms with Crippen molar-refractivity contribution in [2.45, 2.75) is 51.6 Å². The van der Waals surface area contributed by atoms with E-state index in [2.05, 4.69) is 55.0 Å². The van der Waals surface area contributed by atoms with E-state index >= 15 is 0 Å². The van der Waals surface area contributed by atoms with Gasteiger partial charge in [0.25, 0.3) is 0 Å². The number of rotatable bonds is 3. The number of nitrogens with zero attached hydrogens (tertiary/aromatic N) is 3. The summed E-state index contributed by atoms with van der Waals surface area (Å²) >= 11 is 0. The molecule has 22 heavy (non-hydrogen) atoms. The third kappa shape index (κ3) is 2.33. The number of aromatic nitrogens is 1. The molecule has 2 fully saturated rings. The minimum atomic E-state index is 0.638. The van der Waals surface area contributed by atoms with Crippen LogP contribution in [0.5, 0.6) is 0 Å². The molecule has 3 heteroatoms. The van der Waals surface area contributed by atoms with Crippen LogP contribution in [0, 0.1) is 6.92 Å². The number of benzene rings is 1. The van der Waals surface area contributed by atoms with Crippen LogP contribution in [0.15, 0.2) is 24.3 Å². The Morgan fingerprint density at radius 3 is 2.68 bits per heavy atom. The Kier molecular flexibility index (Phi) is 3.24. The van der Waals surface area contributed by atoms with Crippen LogP contribution >= 0.6 is 0 Å². The zero-order valence-corrected chi connectivity index (χ0v) is 13.8. The average Bonchev–Trinajstić information content (AvgIpc) is 3.27. The maximum atomic E-state index is 4.80. The minimum absolute atomic E-state index is 0.638. The van der Waals surface area contributed by atoms with Gasteiger partial charge in [-0.25, -0.2) is 0 Å². The molecule has 1 saturated heterocycles. The Bertz CT molecular complexity index is 705. The summed E-state index contributed by atoms with van der Waals surface area (Å²) in [5.41, 5.74) is 4.92. The van der Waals surface area contributed by atoms with Crippen LogP contribution in [-0.4, -0.2) is 30.7 Å². The first-order valence-corrected chi connectivity index (χ1v) is 8.54. The topological polar surface area (TPSA) is 19.4 Å². The fourth-order valence-electron chi connectivity index (χ4n) is 3.75. The molecular formula is C19H25N3. The van der Waals surface area contributed by atoms with Gasteiger partial charge in [-0.05, 0) is 63.8 Å². The summed E-state index contributed by atoms with van der Waals surface area (Å²) in [4.78, 5) is 9.76. The highest BCUT2D eigenvalue weighted by molar-refractivity contribution is 5.94. The fourth-order valence-corrected chi connectivity index (χ4v) is 3.75. The van der Waals surface area contributed by atoms with Crippen molar-refractivity contribution in [3.05, 3.63) is 30.0 Å². The number of hydrogen-bond acceptors (Lipinski definition) is 3. The van der Waals surface area contributed by atoms with Gasteiger partial charge < -0.3 is 9.80 Å².